The lowest BCUT2D eigenvalue weighted by molar-refractivity contribution is -0.138. The lowest BCUT2D eigenvalue weighted by Gasteiger charge is -2.27. The summed E-state index contributed by atoms with van der Waals surface area (Å²) in [6, 6.07) is 65.5. The van der Waals surface area contributed by atoms with E-state index in [1.807, 2.05) is 13.8 Å². The standard InChI is InChI=1S/C26H30NOP.C24H25O2P.C6H11BrO2.C2H7N.2CH6O2P2.H4P2/c1-2-27-26(28)21-13-6-14-22-29(23-15-7-3-8-16-23,24-17-9-4-10-18-24)25-19-11-5-12-20-25;25-24(26)19-11-4-12-20-27(21-13-5-1-6-14-21,22-15-7-2-8-16-22)23-17-9-3-10-18-23;7-5-3-1-2-4-6(8)9;1-2-3;2*1-4-5(2)3;1-2/h3-5,7-12,15-20H,2,6,13-14,21-22H2,1H3;1-3,5-10,13-18H,4,11-12,19-20H2;1-5H2,(H,8,9);2-3H2,1H3;2*4-5H,1H3,(H,2,3);1-2H2/p+2/i;;;;2*5T;1T. The fourth-order valence-corrected chi connectivity index (χ4v) is 17.4. The van der Waals surface area contributed by atoms with Crippen molar-refractivity contribution in [1.82, 2.24) is 5.32 Å². The van der Waals surface area contributed by atoms with E-state index in [1.165, 1.54) is 45.2 Å². The second-order valence-electron chi connectivity index (χ2n) is 17.3. The largest absolute Gasteiger partial charge is 0.481 e. The van der Waals surface area contributed by atoms with Gasteiger partial charge in [0.25, 0.3) is 0 Å². The summed E-state index contributed by atoms with van der Waals surface area (Å²) >= 11 is 3.27. The molecule has 0 spiro atoms. The minimum absolute atomic E-state index is 0.155. The van der Waals surface area contributed by atoms with Crippen molar-refractivity contribution in [3.8, 4) is 0 Å². The van der Waals surface area contributed by atoms with E-state index in [4.69, 9.17) is 29.6 Å². The van der Waals surface area contributed by atoms with Gasteiger partial charge in [0, 0.05) is 31.1 Å². The highest BCUT2D eigenvalue weighted by Crippen LogP contribution is 2.57. The third-order valence-electron chi connectivity index (χ3n) is 11.7. The molecule has 440 valence electrons. The van der Waals surface area contributed by atoms with Crippen molar-refractivity contribution < 1.29 is 43.5 Å². The van der Waals surface area contributed by atoms with Crippen LogP contribution in [0, 0.1) is 0 Å². The van der Waals surface area contributed by atoms with Crippen LogP contribution in [0.1, 0.15) is 90.9 Å². The Labute approximate surface area is 502 Å². The molecule has 80 heavy (non-hydrogen) atoms. The Morgan fingerprint density at radius 2 is 0.750 bits per heavy atom. The highest BCUT2D eigenvalue weighted by atomic mass is 79.9. The van der Waals surface area contributed by atoms with Crippen LogP contribution >= 0.6 is 80.1 Å². The molecule has 6 atom stereocenters. The quantitative estimate of drug-likeness (QED) is 0.0172. The molecule has 0 fully saturated rings. The lowest BCUT2D eigenvalue weighted by Crippen LogP contribution is -2.33. The average molecular weight is 1320 g/mol. The number of alkyl halides is 1. The predicted octanol–water partition coefficient (Wildman–Crippen LogP) is 13.3. The first kappa shape index (κ1) is 71.4. The first-order valence-corrected chi connectivity index (χ1v) is 41.2. The number of nitrogens with two attached hydrogens (primary N) is 1. The van der Waals surface area contributed by atoms with E-state index in [2.05, 4.69) is 212 Å². The van der Waals surface area contributed by atoms with Crippen molar-refractivity contribution in [2.24, 2.45) is 5.73 Å². The normalized spacial score (nSPS) is 12.8. The number of carbonyl (C=O) groups excluding carboxylic acids is 1. The van der Waals surface area contributed by atoms with Gasteiger partial charge in [0.05, 0.1) is 13.6 Å². The molecular formula is C60H91BrN2O9P8+2. The number of carboxylic acids is 2. The van der Waals surface area contributed by atoms with Crippen molar-refractivity contribution >= 4 is 130 Å². The van der Waals surface area contributed by atoms with E-state index < -0.39 is 41.8 Å². The number of amides is 1. The molecule has 1 amide bonds. The summed E-state index contributed by atoms with van der Waals surface area (Å²) in [5.41, 5.74) is 4.85. The van der Waals surface area contributed by atoms with Crippen molar-refractivity contribution in [2.45, 2.75) is 90.9 Å². The molecule has 6 aromatic carbocycles. The number of rotatable bonds is 26. The van der Waals surface area contributed by atoms with Gasteiger partial charge in [0.15, 0.2) is 0 Å². The molecule has 0 aliphatic heterocycles. The van der Waals surface area contributed by atoms with E-state index in [0.29, 0.717) is 19.4 Å². The Balaban J connectivity index is 0.00000113. The number of carbonyl (C=O) groups is 3. The Morgan fingerprint density at radius 1 is 0.525 bits per heavy atom. The number of hydrogen-bond acceptors (Lipinski definition) is 6. The lowest BCUT2D eigenvalue weighted by atomic mass is 10.2. The zero-order chi connectivity index (χ0) is 62.3. The van der Waals surface area contributed by atoms with Crippen molar-refractivity contribution in [2.75, 3.05) is 44.1 Å². The van der Waals surface area contributed by atoms with Crippen LogP contribution in [0.2, 0.25) is 0 Å². The van der Waals surface area contributed by atoms with Crippen LogP contribution in [0.5, 0.6) is 0 Å². The summed E-state index contributed by atoms with van der Waals surface area (Å²) in [4.78, 5) is 48.7. The molecule has 0 aliphatic rings. The second-order valence-corrected chi connectivity index (χ2v) is 32.3. The van der Waals surface area contributed by atoms with E-state index in [-0.39, 0.29) is 37.7 Å². The molecule has 0 aromatic heterocycles. The van der Waals surface area contributed by atoms with Gasteiger partial charge >= 0.3 is 11.9 Å². The van der Waals surface area contributed by atoms with Crippen molar-refractivity contribution in [1.29, 1.82) is 3.84 Å². The number of hydrogen-bond donors (Lipinski definition) is 6. The van der Waals surface area contributed by atoms with Gasteiger partial charge in [-0.1, -0.05) is 138 Å². The average Bonchev–Trinajstić information content (AvgIpc) is 3.66. The number of unbranched alkanes of at least 4 members (excludes halogenated alkanes) is 6. The minimum atomic E-state index is -3.37. The minimum Gasteiger partial charge on any atom is -0.481 e. The van der Waals surface area contributed by atoms with Gasteiger partial charge in [-0.25, -0.2) is 0 Å². The third kappa shape index (κ3) is 32.8. The molecule has 0 radical (unpaired) electrons. The van der Waals surface area contributed by atoms with Gasteiger partial charge in [-0.05, 0) is 167 Å². The summed E-state index contributed by atoms with van der Waals surface area (Å²) in [6.45, 7) is 8.40. The predicted molar refractivity (Wildman–Crippen MR) is 368 cm³/mol. The van der Waals surface area contributed by atoms with Crippen LogP contribution in [0.25, 0.3) is 0 Å². The van der Waals surface area contributed by atoms with Gasteiger partial charge in [-0.3, -0.25) is 23.5 Å². The molecule has 0 aliphatic carbocycles. The molecule has 20 heteroatoms. The smallest absolute Gasteiger partial charge is 0.303 e. The first-order chi connectivity index (χ1) is 39.7. The van der Waals surface area contributed by atoms with E-state index in [1.54, 1.807) is 0 Å². The highest BCUT2D eigenvalue weighted by Gasteiger charge is 2.45. The zero-order valence-electron chi connectivity index (χ0n) is 50.0. The summed E-state index contributed by atoms with van der Waals surface area (Å²) in [5.74, 6) is -1.22. The molecule has 0 heterocycles. The monoisotopic (exact) mass is 1320 g/mol. The van der Waals surface area contributed by atoms with Crippen LogP contribution < -0.4 is 42.9 Å². The fourth-order valence-electron chi connectivity index (χ4n) is 8.21. The summed E-state index contributed by atoms with van der Waals surface area (Å²) in [7, 11) is -8.02. The first-order valence-electron chi connectivity index (χ1n) is 28.1. The molecular weight excluding hydrogens is 1220 g/mol. The van der Waals surface area contributed by atoms with E-state index >= 15 is 0 Å². The zero-order valence-corrected chi connectivity index (χ0v) is 56.3. The Morgan fingerprint density at radius 3 is 0.950 bits per heavy atom. The fraction of sp³-hybridized carbons (Fsp3) is 0.350. The molecule has 11 nitrogen and oxygen atoms in total. The van der Waals surface area contributed by atoms with Crippen LogP contribution in [0.3, 0.4) is 0 Å². The summed E-state index contributed by atoms with van der Waals surface area (Å²) in [5, 5.41) is 29.5. The number of benzene rings is 6. The molecule has 6 aromatic rings. The van der Waals surface area contributed by atoms with Crippen LogP contribution in [0.15, 0.2) is 182 Å². The maximum atomic E-state index is 11.8. The highest BCUT2D eigenvalue weighted by molar-refractivity contribution is 9.09. The van der Waals surface area contributed by atoms with E-state index in [0.717, 1.165) is 82.0 Å². The Hall–Kier alpha value is -2.87. The van der Waals surface area contributed by atoms with E-state index in [9.17, 15) is 23.5 Å². The van der Waals surface area contributed by atoms with Gasteiger partial charge in [-0.2, -0.15) is 0 Å². The van der Waals surface area contributed by atoms with Gasteiger partial charge in [0.2, 0.25) is 21.2 Å². The third-order valence-corrected chi connectivity index (χ3v) is 24.4. The van der Waals surface area contributed by atoms with Crippen molar-refractivity contribution in [3.05, 3.63) is 182 Å². The number of aliphatic carboxylic acids is 2. The van der Waals surface area contributed by atoms with Gasteiger partial charge < -0.3 is 31.1 Å². The van der Waals surface area contributed by atoms with Crippen LogP contribution in [-0.4, -0.2) is 85.8 Å². The molecule has 6 rings (SSSR count). The van der Waals surface area contributed by atoms with Crippen molar-refractivity contribution in [3.63, 3.8) is 0 Å². The van der Waals surface area contributed by atoms with Crippen LogP contribution in [-0.2, 0) is 23.5 Å². The second kappa shape index (κ2) is 50.6. The molecule has 0 saturated heterocycles. The molecule has 6 unspecified atom stereocenters. The Kier molecular flexibility index (Phi) is 45.2. The number of halogens is 1. The number of nitrogens with one attached hydrogen (secondary N) is 1. The summed E-state index contributed by atoms with van der Waals surface area (Å²) in [6.07, 6.45) is 12.1. The Bertz CT molecular complexity index is 2450. The molecule has 0 bridgehead atoms. The number of carboxylic acid groups (broad SMARTS) is 2. The SMILES string of the molecule is CCN.CCNC(=O)CCCCC[P+](c1ccccc1)(c1ccccc1)c1ccccc1.O=C(O)CCCCCBr.O=C(O)CCCCC[P+](c1ccccc1)(c1ccccc1)c1ccccc1.[3H]P(=O)(O)PC.[3H]P(=O)(O)PC.[3H]PP. The molecule has 7 N–H and O–H groups in total. The van der Waals surface area contributed by atoms with Crippen LogP contribution in [0.4, 0.5) is 0 Å². The topological polar surface area (TPSA) is 204 Å². The van der Waals surface area contributed by atoms with Gasteiger partial charge in [-0.15, -0.1) is 17.8 Å². The maximum Gasteiger partial charge on any atom is 0.303 e. The van der Waals surface area contributed by atoms with Gasteiger partial charge in [0.1, 0.15) is 48.9 Å². The summed E-state index contributed by atoms with van der Waals surface area (Å²) < 4.78 is 38.4. The molecule has 0 saturated carbocycles. The maximum absolute atomic E-state index is 11.8.